The molecule has 0 radical (unpaired) electrons. The Kier molecular flexibility index (Phi) is 4.47. The summed E-state index contributed by atoms with van der Waals surface area (Å²) in [7, 11) is 0. The highest BCUT2D eigenvalue weighted by Crippen LogP contribution is 2.18. The third kappa shape index (κ3) is 3.38. The zero-order chi connectivity index (χ0) is 17.1. The molecule has 3 rings (SSSR count). The van der Waals surface area contributed by atoms with E-state index >= 15 is 0 Å². The lowest BCUT2D eigenvalue weighted by atomic mass is 10.0. The maximum atomic E-state index is 12.5. The molecule has 0 aliphatic rings. The van der Waals surface area contributed by atoms with Gasteiger partial charge >= 0.3 is 0 Å². The quantitative estimate of drug-likeness (QED) is 0.790. The third-order valence-corrected chi connectivity index (χ3v) is 4.11. The molecular weight excluding hydrogens is 298 g/mol. The Morgan fingerprint density at radius 1 is 1.12 bits per heavy atom. The molecule has 0 fully saturated rings. The summed E-state index contributed by atoms with van der Waals surface area (Å²) in [6, 6.07) is 15.7. The SMILES string of the molecule is Cc1ccc(C(=O)NC(C)c2cccc(-n3cccn3)c2)c(C)c1. The standard InChI is InChI=1S/C20H21N3O/c1-14-8-9-19(15(2)12-14)20(24)22-16(3)17-6-4-7-18(13-17)23-11-5-10-21-23/h4-13,16H,1-3H3,(H,22,24). The van der Waals surface area contributed by atoms with Gasteiger partial charge in [-0.1, -0.05) is 29.8 Å². The molecule has 122 valence electrons. The van der Waals surface area contributed by atoms with Gasteiger partial charge in [-0.15, -0.1) is 0 Å². The summed E-state index contributed by atoms with van der Waals surface area (Å²) in [4.78, 5) is 12.5. The van der Waals surface area contributed by atoms with Gasteiger partial charge in [0, 0.05) is 18.0 Å². The average molecular weight is 319 g/mol. The van der Waals surface area contributed by atoms with Crippen molar-refractivity contribution in [2.75, 3.05) is 0 Å². The number of nitrogens with one attached hydrogen (secondary N) is 1. The molecular formula is C20H21N3O. The molecule has 24 heavy (non-hydrogen) atoms. The van der Waals surface area contributed by atoms with Gasteiger partial charge in [-0.05, 0) is 56.2 Å². The van der Waals surface area contributed by atoms with Gasteiger partial charge in [0.05, 0.1) is 11.7 Å². The monoisotopic (exact) mass is 319 g/mol. The van der Waals surface area contributed by atoms with Gasteiger partial charge in [-0.3, -0.25) is 4.79 Å². The number of carbonyl (C=O) groups is 1. The summed E-state index contributed by atoms with van der Waals surface area (Å²) in [5.74, 6) is -0.0514. The van der Waals surface area contributed by atoms with E-state index < -0.39 is 0 Å². The Hall–Kier alpha value is -2.88. The third-order valence-electron chi connectivity index (χ3n) is 4.11. The van der Waals surface area contributed by atoms with Crippen LogP contribution in [0.3, 0.4) is 0 Å². The lowest BCUT2D eigenvalue weighted by Crippen LogP contribution is -2.27. The fourth-order valence-electron chi connectivity index (χ4n) is 2.78. The van der Waals surface area contributed by atoms with E-state index in [2.05, 4.69) is 10.4 Å². The van der Waals surface area contributed by atoms with Crippen molar-refractivity contribution in [3.05, 3.63) is 83.2 Å². The minimum atomic E-state index is -0.0892. The molecule has 4 nitrogen and oxygen atoms in total. The van der Waals surface area contributed by atoms with Crippen LogP contribution in [0.15, 0.2) is 60.9 Å². The predicted molar refractivity (Wildman–Crippen MR) is 95.4 cm³/mol. The van der Waals surface area contributed by atoms with Crippen molar-refractivity contribution < 1.29 is 4.79 Å². The molecule has 1 unspecified atom stereocenters. The Bertz CT molecular complexity index is 853. The minimum Gasteiger partial charge on any atom is -0.346 e. The normalized spacial score (nSPS) is 12.0. The summed E-state index contributed by atoms with van der Waals surface area (Å²) in [6.07, 6.45) is 3.65. The van der Waals surface area contributed by atoms with E-state index in [0.717, 1.165) is 27.9 Å². The Labute approximate surface area is 142 Å². The largest absolute Gasteiger partial charge is 0.346 e. The smallest absolute Gasteiger partial charge is 0.252 e. The maximum Gasteiger partial charge on any atom is 0.252 e. The van der Waals surface area contributed by atoms with Gasteiger partial charge in [-0.25, -0.2) is 4.68 Å². The number of nitrogens with zero attached hydrogens (tertiary/aromatic N) is 2. The van der Waals surface area contributed by atoms with Gasteiger partial charge in [0.2, 0.25) is 0 Å². The van der Waals surface area contributed by atoms with E-state index in [1.807, 2.05) is 80.2 Å². The van der Waals surface area contributed by atoms with Crippen LogP contribution in [-0.2, 0) is 0 Å². The molecule has 0 saturated heterocycles. The number of aryl methyl sites for hydroxylation is 2. The van der Waals surface area contributed by atoms with Gasteiger partial charge < -0.3 is 5.32 Å². The van der Waals surface area contributed by atoms with Crippen LogP contribution in [0.4, 0.5) is 0 Å². The molecule has 0 bridgehead atoms. The topological polar surface area (TPSA) is 46.9 Å². The molecule has 0 aliphatic heterocycles. The first kappa shape index (κ1) is 16.0. The molecule has 0 saturated carbocycles. The molecule has 0 spiro atoms. The van der Waals surface area contributed by atoms with Crippen LogP contribution in [0.1, 0.15) is 40.0 Å². The number of hydrogen-bond donors (Lipinski definition) is 1. The molecule has 1 atom stereocenters. The number of hydrogen-bond acceptors (Lipinski definition) is 2. The molecule has 1 heterocycles. The van der Waals surface area contributed by atoms with Crippen LogP contribution in [0.5, 0.6) is 0 Å². The predicted octanol–water partition coefficient (Wildman–Crippen LogP) is 3.98. The van der Waals surface area contributed by atoms with Crippen LogP contribution in [-0.4, -0.2) is 15.7 Å². The number of rotatable bonds is 4. The van der Waals surface area contributed by atoms with Gasteiger partial charge in [0.15, 0.2) is 0 Å². The summed E-state index contributed by atoms with van der Waals surface area (Å²) in [5, 5.41) is 7.32. The van der Waals surface area contributed by atoms with E-state index in [4.69, 9.17) is 0 Å². The zero-order valence-electron chi connectivity index (χ0n) is 14.2. The van der Waals surface area contributed by atoms with Gasteiger partial charge in [0.25, 0.3) is 5.91 Å². The Morgan fingerprint density at radius 3 is 2.67 bits per heavy atom. The summed E-state index contributed by atoms with van der Waals surface area (Å²) in [6.45, 7) is 5.98. The molecule has 1 N–H and O–H groups in total. The van der Waals surface area contributed by atoms with Crippen molar-refractivity contribution in [2.24, 2.45) is 0 Å². The van der Waals surface area contributed by atoms with Crippen LogP contribution in [0.25, 0.3) is 5.69 Å². The molecule has 0 aliphatic carbocycles. The second-order valence-electron chi connectivity index (χ2n) is 6.06. The molecule has 4 heteroatoms. The van der Waals surface area contributed by atoms with E-state index in [-0.39, 0.29) is 11.9 Å². The highest BCUT2D eigenvalue weighted by Gasteiger charge is 2.14. The number of benzene rings is 2. The Morgan fingerprint density at radius 2 is 1.96 bits per heavy atom. The lowest BCUT2D eigenvalue weighted by Gasteiger charge is -2.16. The minimum absolute atomic E-state index is 0.0514. The van der Waals surface area contributed by atoms with E-state index in [0.29, 0.717) is 0 Å². The highest BCUT2D eigenvalue weighted by molar-refractivity contribution is 5.95. The summed E-state index contributed by atoms with van der Waals surface area (Å²) in [5.41, 5.74) is 4.89. The second-order valence-corrected chi connectivity index (χ2v) is 6.06. The van der Waals surface area contributed by atoms with Crippen molar-refractivity contribution in [3.63, 3.8) is 0 Å². The van der Waals surface area contributed by atoms with E-state index in [1.165, 1.54) is 0 Å². The number of carbonyl (C=O) groups excluding carboxylic acids is 1. The summed E-state index contributed by atoms with van der Waals surface area (Å²) >= 11 is 0. The number of amides is 1. The lowest BCUT2D eigenvalue weighted by molar-refractivity contribution is 0.0939. The fourth-order valence-corrected chi connectivity index (χ4v) is 2.78. The van der Waals surface area contributed by atoms with Crippen LogP contribution in [0.2, 0.25) is 0 Å². The van der Waals surface area contributed by atoms with E-state index in [1.54, 1.807) is 6.20 Å². The molecule has 2 aromatic carbocycles. The van der Waals surface area contributed by atoms with Crippen molar-refractivity contribution >= 4 is 5.91 Å². The molecule has 1 aromatic heterocycles. The average Bonchev–Trinajstić information content (AvgIpc) is 3.09. The van der Waals surface area contributed by atoms with Crippen LogP contribution < -0.4 is 5.32 Å². The fraction of sp³-hybridized carbons (Fsp3) is 0.200. The van der Waals surface area contributed by atoms with Crippen molar-refractivity contribution in [1.82, 2.24) is 15.1 Å². The molecule has 3 aromatic rings. The highest BCUT2D eigenvalue weighted by atomic mass is 16.1. The van der Waals surface area contributed by atoms with E-state index in [9.17, 15) is 4.79 Å². The first-order chi connectivity index (χ1) is 11.5. The first-order valence-electron chi connectivity index (χ1n) is 8.02. The summed E-state index contributed by atoms with van der Waals surface area (Å²) < 4.78 is 1.81. The van der Waals surface area contributed by atoms with Gasteiger partial charge in [0.1, 0.15) is 0 Å². The van der Waals surface area contributed by atoms with Crippen molar-refractivity contribution in [3.8, 4) is 5.69 Å². The van der Waals surface area contributed by atoms with Gasteiger partial charge in [-0.2, -0.15) is 5.10 Å². The maximum absolute atomic E-state index is 12.5. The Balaban J connectivity index is 1.78. The van der Waals surface area contributed by atoms with Crippen molar-refractivity contribution in [1.29, 1.82) is 0 Å². The van der Waals surface area contributed by atoms with Crippen LogP contribution >= 0.6 is 0 Å². The van der Waals surface area contributed by atoms with Crippen LogP contribution in [0, 0.1) is 13.8 Å². The zero-order valence-corrected chi connectivity index (χ0v) is 14.2. The first-order valence-corrected chi connectivity index (χ1v) is 8.02. The molecule has 1 amide bonds. The number of aromatic nitrogens is 2. The van der Waals surface area contributed by atoms with Crippen molar-refractivity contribution in [2.45, 2.75) is 26.8 Å². The second kappa shape index (κ2) is 6.71.